The maximum absolute atomic E-state index is 15.0. The molecule has 5 nitrogen and oxygen atoms in total. The fourth-order valence-electron chi connectivity index (χ4n) is 2.77. The lowest BCUT2D eigenvalue weighted by Crippen LogP contribution is -2.20. The van der Waals surface area contributed by atoms with Crippen molar-refractivity contribution in [2.24, 2.45) is 0 Å². The number of anilines is 1. The number of ether oxygens (including phenoxy) is 1. The third kappa shape index (κ3) is 4.77. The van der Waals surface area contributed by atoms with Crippen LogP contribution in [0.4, 0.5) is 19.0 Å². The highest BCUT2D eigenvalue weighted by atomic mass is 19.1. The molecular formula is C22H19F3N2O3. The number of aromatic nitrogens is 1. The molecule has 1 aromatic heterocycles. The van der Waals surface area contributed by atoms with Gasteiger partial charge in [0.05, 0.1) is 6.10 Å². The maximum Gasteiger partial charge on any atom is 0.224 e. The molecule has 1 heterocycles. The van der Waals surface area contributed by atoms with Gasteiger partial charge in [0.1, 0.15) is 23.0 Å². The number of hydrogen-bond donors (Lipinski definition) is 2. The average molecular weight is 416 g/mol. The van der Waals surface area contributed by atoms with E-state index >= 15 is 0 Å². The van der Waals surface area contributed by atoms with Gasteiger partial charge in [-0.2, -0.15) is 4.98 Å². The number of aliphatic hydroxyl groups excluding tert-OH is 1. The molecule has 156 valence electrons. The van der Waals surface area contributed by atoms with Gasteiger partial charge >= 0.3 is 0 Å². The molecule has 1 atom stereocenters. The second-order valence-corrected chi connectivity index (χ2v) is 6.72. The minimum Gasteiger partial charge on any atom is -0.436 e. The van der Waals surface area contributed by atoms with Crippen molar-refractivity contribution < 1.29 is 27.8 Å². The van der Waals surface area contributed by atoms with Gasteiger partial charge in [0.15, 0.2) is 17.3 Å². The second kappa shape index (κ2) is 8.96. The minimum atomic E-state index is -0.990. The van der Waals surface area contributed by atoms with Crippen LogP contribution in [0, 0.1) is 24.4 Å². The van der Waals surface area contributed by atoms with Crippen LogP contribution in [0.1, 0.15) is 28.4 Å². The van der Waals surface area contributed by atoms with Crippen LogP contribution in [0.25, 0.3) is 0 Å². The van der Waals surface area contributed by atoms with Crippen LogP contribution in [-0.4, -0.2) is 28.5 Å². The molecule has 2 aromatic carbocycles. The van der Waals surface area contributed by atoms with E-state index in [4.69, 9.17) is 4.74 Å². The van der Waals surface area contributed by atoms with Crippen molar-refractivity contribution in [3.8, 4) is 11.6 Å². The standard InChI is InChI=1S/C22H19F3N2O3/c1-12-5-3-4-6-15(12)21(29)20-17(25)10-19(27-22(20)26-11-13(2)28)30-18-8-7-14(23)9-16(18)24/h3-10,13,28H,11H2,1-2H3,(H,26,27). The van der Waals surface area contributed by atoms with Gasteiger partial charge in [-0.15, -0.1) is 0 Å². The molecular weight excluding hydrogens is 397 g/mol. The van der Waals surface area contributed by atoms with E-state index in [1.54, 1.807) is 31.2 Å². The van der Waals surface area contributed by atoms with Crippen LogP contribution in [0.5, 0.6) is 11.6 Å². The number of rotatable bonds is 7. The molecule has 0 saturated heterocycles. The molecule has 0 aliphatic heterocycles. The van der Waals surface area contributed by atoms with E-state index in [1.165, 1.54) is 6.92 Å². The third-order valence-electron chi connectivity index (χ3n) is 4.24. The number of ketones is 1. The van der Waals surface area contributed by atoms with E-state index in [0.29, 0.717) is 11.6 Å². The van der Waals surface area contributed by atoms with E-state index in [9.17, 15) is 23.1 Å². The molecule has 0 radical (unpaired) electrons. The number of pyridine rings is 1. The fraction of sp³-hybridized carbons (Fsp3) is 0.182. The Hall–Kier alpha value is -3.39. The Morgan fingerprint density at radius 2 is 1.87 bits per heavy atom. The van der Waals surface area contributed by atoms with Crippen molar-refractivity contribution >= 4 is 11.6 Å². The Kier molecular flexibility index (Phi) is 6.37. The largest absolute Gasteiger partial charge is 0.436 e. The average Bonchev–Trinajstić information content (AvgIpc) is 2.68. The summed E-state index contributed by atoms with van der Waals surface area (Å²) in [5.41, 5.74) is 0.602. The van der Waals surface area contributed by atoms with E-state index in [-0.39, 0.29) is 35.1 Å². The van der Waals surface area contributed by atoms with Gasteiger partial charge in [-0.05, 0) is 31.5 Å². The maximum atomic E-state index is 15.0. The van der Waals surface area contributed by atoms with Crippen LogP contribution in [0.15, 0.2) is 48.5 Å². The number of benzene rings is 2. The predicted octanol–water partition coefficient (Wildman–Crippen LogP) is 4.62. The summed E-state index contributed by atoms with van der Waals surface area (Å²) >= 11 is 0. The topological polar surface area (TPSA) is 71.5 Å². The van der Waals surface area contributed by atoms with E-state index in [2.05, 4.69) is 10.3 Å². The normalized spacial score (nSPS) is 11.8. The number of nitrogens with zero attached hydrogens (tertiary/aromatic N) is 1. The summed E-state index contributed by atoms with van der Waals surface area (Å²) in [5.74, 6) is -4.19. The first-order valence-electron chi connectivity index (χ1n) is 9.12. The molecule has 3 rings (SSSR count). The summed E-state index contributed by atoms with van der Waals surface area (Å²) in [6.45, 7) is 3.20. The Morgan fingerprint density at radius 3 is 2.53 bits per heavy atom. The Bertz CT molecular complexity index is 1090. The van der Waals surface area contributed by atoms with Crippen molar-refractivity contribution in [2.75, 3.05) is 11.9 Å². The smallest absolute Gasteiger partial charge is 0.224 e. The molecule has 0 bridgehead atoms. The third-order valence-corrected chi connectivity index (χ3v) is 4.24. The van der Waals surface area contributed by atoms with Gasteiger partial charge in [-0.1, -0.05) is 24.3 Å². The van der Waals surface area contributed by atoms with Crippen molar-refractivity contribution in [3.63, 3.8) is 0 Å². The van der Waals surface area contributed by atoms with Crippen LogP contribution < -0.4 is 10.1 Å². The van der Waals surface area contributed by atoms with Gasteiger partial charge in [0, 0.05) is 24.2 Å². The lowest BCUT2D eigenvalue weighted by atomic mass is 9.99. The molecule has 3 aromatic rings. The molecule has 0 aliphatic rings. The zero-order valence-corrected chi connectivity index (χ0v) is 16.2. The lowest BCUT2D eigenvalue weighted by molar-refractivity contribution is 0.103. The summed E-state index contributed by atoms with van der Waals surface area (Å²) in [7, 11) is 0. The number of hydrogen-bond acceptors (Lipinski definition) is 5. The quantitative estimate of drug-likeness (QED) is 0.550. The van der Waals surface area contributed by atoms with E-state index in [0.717, 1.165) is 18.2 Å². The number of carbonyl (C=O) groups is 1. The molecule has 0 saturated carbocycles. The van der Waals surface area contributed by atoms with Gasteiger partial charge in [-0.3, -0.25) is 4.79 Å². The summed E-state index contributed by atoms with van der Waals surface area (Å²) in [4.78, 5) is 17.1. The summed E-state index contributed by atoms with van der Waals surface area (Å²) in [5, 5.41) is 12.3. The van der Waals surface area contributed by atoms with E-state index in [1.807, 2.05) is 0 Å². The highest BCUT2D eigenvalue weighted by molar-refractivity contribution is 6.12. The SMILES string of the molecule is Cc1ccccc1C(=O)c1c(F)cc(Oc2ccc(F)cc2F)nc1NCC(C)O. The molecule has 1 unspecified atom stereocenters. The number of carbonyl (C=O) groups excluding carboxylic acids is 1. The second-order valence-electron chi connectivity index (χ2n) is 6.72. The molecule has 30 heavy (non-hydrogen) atoms. The Morgan fingerprint density at radius 1 is 1.13 bits per heavy atom. The van der Waals surface area contributed by atoms with Gasteiger partial charge in [-0.25, -0.2) is 13.2 Å². The van der Waals surface area contributed by atoms with Gasteiger partial charge in [0.25, 0.3) is 0 Å². The summed E-state index contributed by atoms with van der Waals surface area (Å²) in [6, 6.07) is 10.2. The number of nitrogens with one attached hydrogen (secondary N) is 1. The van der Waals surface area contributed by atoms with Crippen LogP contribution in [0.2, 0.25) is 0 Å². The van der Waals surface area contributed by atoms with Gasteiger partial charge < -0.3 is 15.2 Å². The van der Waals surface area contributed by atoms with Crippen molar-refractivity contribution in [3.05, 3.63) is 82.7 Å². The summed E-state index contributed by atoms with van der Waals surface area (Å²) < 4.78 is 47.2. The van der Waals surface area contributed by atoms with Crippen LogP contribution in [-0.2, 0) is 0 Å². The Balaban J connectivity index is 2.04. The monoisotopic (exact) mass is 416 g/mol. The molecule has 0 aliphatic carbocycles. The van der Waals surface area contributed by atoms with Crippen molar-refractivity contribution in [1.29, 1.82) is 0 Å². The van der Waals surface area contributed by atoms with Crippen LogP contribution >= 0.6 is 0 Å². The van der Waals surface area contributed by atoms with E-state index < -0.39 is 29.3 Å². The zero-order chi connectivity index (χ0) is 21.8. The predicted molar refractivity (Wildman–Crippen MR) is 105 cm³/mol. The number of aryl methyl sites for hydroxylation is 1. The molecule has 0 spiro atoms. The summed E-state index contributed by atoms with van der Waals surface area (Å²) in [6.07, 6.45) is -0.810. The zero-order valence-electron chi connectivity index (χ0n) is 16.2. The fourth-order valence-corrected chi connectivity index (χ4v) is 2.77. The molecule has 8 heteroatoms. The van der Waals surface area contributed by atoms with Crippen LogP contribution in [0.3, 0.4) is 0 Å². The highest BCUT2D eigenvalue weighted by Gasteiger charge is 2.23. The van der Waals surface area contributed by atoms with Crippen molar-refractivity contribution in [2.45, 2.75) is 20.0 Å². The van der Waals surface area contributed by atoms with Crippen molar-refractivity contribution in [1.82, 2.24) is 4.98 Å². The molecule has 0 fully saturated rings. The van der Waals surface area contributed by atoms with Gasteiger partial charge in [0.2, 0.25) is 5.88 Å². The lowest BCUT2D eigenvalue weighted by Gasteiger charge is -2.15. The molecule has 2 N–H and O–H groups in total. The first kappa shape index (κ1) is 21.3. The first-order chi connectivity index (χ1) is 14.3. The minimum absolute atomic E-state index is 0.0190. The Labute approximate surface area is 171 Å². The molecule has 0 amide bonds. The number of halogens is 3. The number of aliphatic hydroxyl groups is 1. The highest BCUT2D eigenvalue weighted by Crippen LogP contribution is 2.29. The first-order valence-corrected chi connectivity index (χ1v) is 9.12.